The molecule has 5 heteroatoms. The lowest BCUT2D eigenvalue weighted by Crippen LogP contribution is -2.44. The van der Waals surface area contributed by atoms with Crippen LogP contribution < -0.4 is 5.32 Å². The average Bonchev–Trinajstić information content (AvgIpc) is 3.16. The summed E-state index contributed by atoms with van der Waals surface area (Å²) in [6.45, 7) is 3.65. The lowest BCUT2D eigenvalue weighted by Gasteiger charge is -2.31. The van der Waals surface area contributed by atoms with Crippen LogP contribution in [0, 0.1) is 5.92 Å². The summed E-state index contributed by atoms with van der Waals surface area (Å²) in [4.78, 5) is 16.5. The van der Waals surface area contributed by atoms with E-state index < -0.39 is 0 Å². The molecular formula is C17H27N3O2. The van der Waals surface area contributed by atoms with Crippen molar-refractivity contribution >= 4 is 6.03 Å². The van der Waals surface area contributed by atoms with Crippen molar-refractivity contribution in [3.63, 3.8) is 0 Å². The molecule has 22 heavy (non-hydrogen) atoms. The average molecular weight is 305 g/mol. The van der Waals surface area contributed by atoms with Gasteiger partial charge in [-0.25, -0.2) is 4.79 Å². The Morgan fingerprint density at radius 3 is 2.77 bits per heavy atom. The maximum Gasteiger partial charge on any atom is 0.317 e. The lowest BCUT2D eigenvalue weighted by molar-refractivity contribution is 0.172. The summed E-state index contributed by atoms with van der Waals surface area (Å²) >= 11 is 0. The summed E-state index contributed by atoms with van der Waals surface area (Å²) in [5, 5.41) is 3.09. The number of likely N-dealkylation sites (tertiary alicyclic amines) is 1. The van der Waals surface area contributed by atoms with Crippen molar-refractivity contribution in [1.82, 2.24) is 15.1 Å². The molecule has 1 saturated heterocycles. The van der Waals surface area contributed by atoms with Gasteiger partial charge in [-0.2, -0.15) is 0 Å². The van der Waals surface area contributed by atoms with E-state index in [1.807, 2.05) is 24.1 Å². The first kappa shape index (κ1) is 15.4. The SMILES string of the molecule is CN(CC1CCC1)C(=O)NC[C@@H](c1ccco1)N1CCCC1. The Morgan fingerprint density at radius 1 is 1.41 bits per heavy atom. The van der Waals surface area contributed by atoms with Crippen molar-refractivity contribution < 1.29 is 9.21 Å². The Morgan fingerprint density at radius 2 is 2.18 bits per heavy atom. The van der Waals surface area contributed by atoms with Crippen LogP contribution in [0.5, 0.6) is 0 Å². The van der Waals surface area contributed by atoms with Crippen LogP contribution in [0.3, 0.4) is 0 Å². The highest BCUT2D eigenvalue weighted by Gasteiger charge is 2.27. The third kappa shape index (κ3) is 3.64. The highest BCUT2D eigenvalue weighted by Crippen LogP contribution is 2.27. The number of rotatable bonds is 6. The fourth-order valence-electron chi connectivity index (χ4n) is 3.41. The highest BCUT2D eigenvalue weighted by molar-refractivity contribution is 5.73. The minimum Gasteiger partial charge on any atom is -0.468 e. The molecule has 0 bridgehead atoms. The maximum atomic E-state index is 12.3. The monoisotopic (exact) mass is 305 g/mol. The number of amides is 2. The summed E-state index contributed by atoms with van der Waals surface area (Å²) in [7, 11) is 1.89. The van der Waals surface area contributed by atoms with Crippen molar-refractivity contribution in [2.45, 2.75) is 38.1 Å². The molecular weight excluding hydrogens is 278 g/mol. The number of nitrogens with zero attached hydrogens (tertiary/aromatic N) is 2. The van der Waals surface area contributed by atoms with Gasteiger partial charge in [0.1, 0.15) is 5.76 Å². The van der Waals surface area contributed by atoms with E-state index in [-0.39, 0.29) is 12.1 Å². The molecule has 2 fully saturated rings. The van der Waals surface area contributed by atoms with Crippen molar-refractivity contribution in [3.8, 4) is 0 Å². The molecule has 1 N–H and O–H groups in total. The molecule has 2 amide bonds. The third-order valence-corrected chi connectivity index (χ3v) is 5.00. The molecule has 1 aromatic rings. The molecule has 1 saturated carbocycles. The minimum absolute atomic E-state index is 0.0302. The maximum absolute atomic E-state index is 12.3. The predicted molar refractivity (Wildman–Crippen MR) is 85.6 cm³/mol. The second-order valence-corrected chi connectivity index (χ2v) is 6.64. The fourth-order valence-corrected chi connectivity index (χ4v) is 3.41. The minimum atomic E-state index is 0.0302. The molecule has 122 valence electrons. The van der Waals surface area contributed by atoms with Crippen molar-refractivity contribution in [1.29, 1.82) is 0 Å². The number of furan rings is 1. The molecule has 2 heterocycles. The van der Waals surface area contributed by atoms with Crippen LogP contribution in [-0.4, -0.2) is 49.1 Å². The van der Waals surface area contributed by atoms with Gasteiger partial charge in [-0.05, 0) is 56.8 Å². The topological polar surface area (TPSA) is 48.7 Å². The Kier molecular flexibility index (Phi) is 5.03. The number of hydrogen-bond donors (Lipinski definition) is 1. The molecule has 0 spiro atoms. The van der Waals surface area contributed by atoms with Gasteiger partial charge < -0.3 is 14.6 Å². The molecule has 2 aliphatic rings. The molecule has 1 aliphatic heterocycles. The van der Waals surface area contributed by atoms with Crippen molar-refractivity contribution in [2.75, 3.05) is 33.2 Å². The van der Waals surface area contributed by atoms with Crippen LogP contribution >= 0.6 is 0 Å². The van der Waals surface area contributed by atoms with E-state index in [0.29, 0.717) is 12.5 Å². The van der Waals surface area contributed by atoms with E-state index in [4.69, 9.17) is 4.42 Å². The summed E-state index contributed by atoms with van der Waals surface area (Å²) < 4.78 is 5.59. The largest absolute Gasteiger partial charge is 0.468 e. The van der Waals surface area contributed by atoms with E-state index in [9.17, 15) is 4.79 Å². The Bertz CT molecular complexity index is 464. The second-order valence-electron chi connectivity index (χ2n) is 6.64. The Hall–Kier alpha value is -1.49. The van der Waals surface area contributed by atoms with E-state index in [0.717, 1.165) is 25.4 Å². The quantitative estimate of drug-likeness (QED) is 0.879. The number of urea groups is 1. The van der Waals surface area contributed by atoms with Crippen LogP contribution in [0.15, 0.2) is 22.8 Å². The molecule has 0 radical (unpaired) electrons. The zero-order chi connectivity index (χ0) is 15.4. The predicted octanol–water partition coefficient (Wildman–Crippen LogP) is 2.86. The zero-order valence-corrected chi connectivity index (χ0v) is 13.5. The molecule has 1 aromatic heterocycles. The number of carbonyl (C=O) groups excluding carboxylic acids is 1. The summed E-state index contributed by atoms with van der Waals surface area (Å²) in [6.07, 6.45) is 8.01. The first-order valence-corrected chi connectivity index (χ1v) is 8.50. The molecule has 1 atom stereocenters. The van der Waals surface area contributed by atoms with Gasteiger partial charge in [0.05, 0.1) is 12.3 Å². The standard InChI is InChI=1S/C17H27N3O2/c1-19(13-14-6-4-7-14)17(21)18-12-15(16-8-5-11-22-16)20-9-2-3-10-20/h5,8,11,14-15H,2-4,6-7,9-10,12-13H2,1H3,(H,18,21)/t15-/m0/s1. The van der Waals surface area contributed by atoms with Gasteiger partial charge in [0, 0.05) is 20.1 Å². The van der Waals surface area contributed by atoms with Crippen LogP contribution in [0.2, 0.25) is 0 Å². The van der Waals surface area contributed by atoms with Crippen LogP contribution in [0.25, 0.3) is 0 Å². The summed E-state index contributed by atoms with van der Waals surface area (Å²) in [5.41, 5.74) is 0. The van der Waals surface area contributed by atoms with Crippen LogP contribution in [0.1, 0.15) is 43.9 Å². The van der Waals surface area contributed by atoms with E-state index in [2.05, 4.69) is 10.2 Å². The normalized spacial score (nSPS) is 20.6. The Labute approximate surface area is 132 Å². The summed E-state index contributed by atoms with van der Waals surface area (Å²) in [5.74, 6) is 1.65. The van der Waals surface area contributed by atoms with Gasteiger partial charge in [0.25, 0.3) is 0 Å². The Balaban J connectivity index is 1.52. The smallest absolute Gasteiger partial charge is 0.317 e. The van der Waals surface area contributed by atoms with Crippen molar-refractivity contribution in [2.24, 2.45) is 5.92 Å². The van der Waals surface area contributed by atoms with Gasteiger partial charge in [-0.3, -0.25) is 4.90 Å². The van der Waals surface area contributed by atoms with E-state index in [1.54, 1.807) is 6.26 Å². The van der Waals surface area contributed by atoms with Crippen LogP contribution in [0.4, 0.5) is 4.79 Å². The molecule has 5 nitrogen and oxygen atoms in total. The number of hydrogen-bond acceptors (Lipinski definition) is 3. The molecule has 1 aliphatic carbocycles. The van der Waals surface area contributed by atoms with Gasteiger partial charge in [-0.1, -0.05) is 6.42 Å². The number of nitrogens with one attached hydrogen (secondary N) is 1. The zero-order valence-electron chi connectivity index (χ0n) is 13.5. The second kappa shape index (κ2) is 7.18. The van der Waals surface area contributed by atoms with Gasteiger partial charge >= 0.3 is 6.03 Å². The van der Waals surface area contributed by atoms with Gasteiger partial charge in [-0.15, -0.1) is 0 Å². The summed E-state index contributed by atoms with van der Waals surface area (Å²) in [6, 6.07) is 4.11. The van der Waals surface area contributed by atoms with Gasteiger partial charge in [0.15, 0.2) is 0 Å². The molecule has 0 aromatic carbocycles. The first-order valence-electron chi connectivity index (χ1n) is 8.50. The number of carbonyl (C=O) groups is 1. The van der Waals surface area contributed by atoms with Crippen molar-refractivity contribution in [3.05, 3.63) is 24.2 Å². The van der Waals surface area contributed by atoms with E-state index in [1.165, 1.54) is 32.1 Å². The van der Waals surface area contributed by atoms with Gasteiger partial charge in [0.2, 0.25) is 0 Å². The third-order valence-electron chi connectivity index (χ3n) is 5.00. The fraction of sp³-hybridized carbons (Fsp3) is 0.706. The van der Waals surface area contributed by atoms with Crippen LogP contribution in [-0.2, 0) is 0 Å². The molecule has 0 unspecified atom stereocenters. The lowest BCUT2D eigenvalue weighted by atomic mass is 9.85. The first-order chi connectivity index (χ1) is 10.7. The van der Waals surface area contributed by atoms with E-state index >= 15 is 0 Å². The highest BCUT2D eigenvalue weighted by atomic mass is 16.3. The molecule has 3 rings (SSSR count).